The predicted octanol–water partition coefficient (Wildman–Crippen LogP) is -0.399. The minimum atomic E-state index is -4.64. The Hall–Kier alpha value is 0.420. The van der Waals surface area contributed by atoms with Crippen molar-refractivity contribution in [2.45, 2.75) is 0 Å². The first-order valence-corrected chi connectivity index (χ1v) is 2.35. The second-order valence-corrected chi connectivity index (χ2v) is 1.54. The fourth-order valence-electron chi connectivity index (χ4n) is 0. The third-order valence-electron chi connectivity index (χ3n) is 0. The summed E-state index contributed by atoms with van der Waals surface area (Å²) in [5.41, 5.74) is 0. The van der Waals surface area contributed by atoms with Crippen molar-refractivity contribution in [1.82, 2.24) is 0 Å². The van der Waals surface area contributed by atoms with Crippen LogP contribution in [0.15, 0.2) is 0 Å². The summed E-state index contributed by atoms with van der Waals surface area (Å²) in [4.78, 5) is 21.6. The normalized spacial score (nSPS) is 8.43. The molecule has 0 aromatic rings. The lowest BCUT2D eigenvalue weighted by Gasteiger charge is -1.82. The van der Waals surface area contributed by atoms with E-state index in [1.165, 1.54) is 0 Å². The monoisotopic (exact) mass is 146 g/mol. The van der Waals surface area contributed by atoms with Crippen molar-refractivity contribution >= 4 is 21.3 Å². The van der Waals surface area contributed by atoms with Crippen LogP contribution < -0.4 is 0 Å². The smallest absolute Gasteiger partial charge is 0.303 e. The molecule has 0 bridgehead atoms. The molecule has 0 aromatic heterocycles. The zero-order chi connectivity index (χ0) is 4.50. The summed E-state index contributed by atoms with van der Waals surface area (Å²) in [6.45, 7) is 0. The summed E-state index contributed by atoms with van der Waals surface area (Å²) in [5.74, 6) is 0. The minimum absolute atomic E-state index is 0. The summed E-state index contributed by atoms with van der Waals surface area (Å²) >= 11 is 0. The highest BCUT2D eigenvalue weighted by Gasteiger charge is 2.00. The molecular formula is H3O5PS. The average Bonchev–Trinajstić information content (AvgIpc) is 0.722. The summed E-state index contributed by atoms with van der Waals surface area (Å²) in [6.07, 6.45) is 0. The second kappa shape index (κ2) is 4.58. The van der Waals surface area contributed by atoms with E-state index in [1.54, 1.807) is 0 Å². The topological polar surface area (TPSA) is 106 Å². The second-order valence-electron chi connectivity index (χ2n) is 0.513. The van der Waals surface area contributed by atoms with Gasteiger partial charge in [0.1, 0.15) is 0 Å². The van der Waals surface area contributed by atoms with E-state index in [0.717, 1.165) is 0 Å². The molecule has 0 spiro atoms. The van der Waals surface area contributed by atoms with E-state index < -0.39 is 7.82 Å². The van der Waals surface area contributed by atoms with Gasteiger partial charge in [-0.25, -0.2) is 4.57 Å². The number of phosphoric acid groups is 1. The van der Waals surface area contributed by atoms with Crippen LogP contribution in [0, 0.1) is 0 Å². The molecule has 0 heterocycles. The van der Waals surface area contributed by atoms with Gasteiger partial charge >= 0.3 is 7.82 Å². The molecule has 44 valence electrons. The molecule has 0 amide bonds. The van der Waals surface area contributed by atoms with Crippen LogP contribution in [0.3, 0.4) is 0 Å². The summed E-state index contributed by atoms with van der Waals surface area (Å²) < 4.78 is 8.88. The third-order valence-corrected chi connectivity index (χ3v) is 0. The van der Waals surface area contributed by atoms with E-state index in [2.05, 4.69) is 0 Å². The molecule has 0 aliphatic carbocycles. The molecule has 4 radical (unpaired) electrons. The predicted molar refractivity (Wildman–Crippen MR) is 22.5 cm³/mol. The molecule has 7 heavy (non-hydrogen) atoms. The van der Waals surface area contributed by atoms with Gasteiger partial charge in [0, 0.05) is 19.0 Å². The van der Waals surface area contributed by atoms with Gasteiger partial charge in [0.15, 0.2) is 0 Å². The fourth-order valence-corrected chi connectivity index (χ4v) is 0. The van der Waals surface area contributed by atoms with E-state index in [-0.39, 0.29) is 19.0 Å². The fraction of sp³-hybridized carbons (Fsp3) is 0. The molecule has 0 fully saturated rings. The van der Waals surface area contributed by atoms with Gasteiger partial charge in [-0.2, -0.15) is 0 Å². The molecule has 0 saturated heterocycles. The van der Waals surface area contributed by atoms with Gasteiger partial charge in [-0.05, 0) is 0 Å². The highest BCUT2D eigenvalue weighted by Crippen LogP contribution is 2.25. The van der Waals surface area contributed by atoms with Gasteiger partial charge in [0.05, 0.1) is 0 Å². The number of hydrogen-bond acceptors (Lipinski definition) is 1. The Bertz CT molecular complexity index is 54.2. The standard InChI is InChI=1S/H3O4P.O.S/c1-5(2,3)4;;/h(H3,1,2,3,4);;. The van der Waals surface area contributed by atoms with Gasteiger partial charge in [-0.1, -0.05) is 0 Å². The molecule has 0 atom stereocenters. The maximum atomic E-state index is 8.88. The minimum Gasteiger partial charge on any atom is -0.303 e. The molecule has 0 unspecified atom stereocenters. The van der Waals surface area contributed by atoms with Crippen LogP contribution in [-0.2, 0) is 10.0 Å². The zero-order valence-electron chi connectivity index (χ0n) is 3.01. The lowest BCUT2D eigenvalue weighted by Crippen LogP contribution is -1.66. The first-order chi connectivity index (χ1) is 2.00. The van der Waals surface area contributed by atoms with Crippen LogP contribution in [0.1, 0.15) is 0 Å². The van der Waals surface area contributed by atoms with Gasteiger partial charge in [-0.15, -0.1) is 0 Å². The van der Waals surface area contributed by atoms with Crippen molar-refractivity contribution in [2.24, 2.45) is 0 Å². The van der Waals surface area contributed by atoms with Crippen LogP contribution in [0.2, 0.25) is 0 Å². The molecule has 0 aromatic carbocycles. The Labute approximate surface area is 47.0 Å². The Balaban J connectivity index is -0.0000000800. The van der Waals surface area contributed by atoms with Crippen molar-refractivity contribution in [3.63, 3.8) is 0 Å². The van der Waals surface area contributed by atoms with Gasteiger partial charge in [0.2, 0.25) is 0 Å². The van der Waals surface area contributed by atoms with E-state index in [1.807, 2.05) is 0 Å². The number of rotatable bonds is 0. The largest absolute Gasteiger partial charge is 0.466 e. The summed E-state index contributed by atoms with van der Waals surface area (Å²) in [7, 11) is -4.64. The maximum Gasteiger partial charge on any atom is 0.466 e. The quantitative estimate of drug-likeness (QED) is 0.404. The lowest BCUT2D eigenvalue weighted by atomic mass is 15.8. The lowest BCUT2D eigenvalue weighted by molar-refractivity contribution is 0.275. The third kappa shape index (κ3) is 711. The van der Waals surface area contributed by atoms with Crippen LogP contribution in [0.4, 0.5) is 0 Å². The van der Waals surface area contributed by atoms with Gasteiger partial charge in [0.25, 0.3) is 0 Å². The average molecular weight is 146 g/mol. The SMILES string of the molecule is O=P(O)(O)O.[O].[S]. The molecule has 5 nitrogen and oxygen atoms in total. The van der Waals surface area contributed by atoms with Crippen molar-refractivity contribution in [3.05, 3.63) is 0 Å². The Morgan fingerprint density at radius 1 is 1.14 bits per heavy atom. The Kier molecular flexibility index (Phi) is 10.2. The van der Waals surface area contributed by atoms with Crippen LogP contribution in [0.5, 0.6) is 0 Å². The van der Waals surface area contributed by atoms with Crippen LogP contribution in [-0.4, -0.2) is 14.7 Å². The van der Waals surface area contributed by atoms with E-state index >= 15 is 0 Å². The molecule has 0 rings (SSSR count). The Morgan fingerprint density at radius 2 is 1.14 bits per heavy atom. The van der Waals surface area contributed by atoms with Crippen molar-refractivity contribution < 1.29 is 24.7 Å². The zero-order valence-corrected chi connectivity index (χ0v) is 4.72. The van der Waals surface area contributed by atoms with Gasteiger partial charge in [-0.3, -0.25) is 0 Å². The first-order valence-electron chi connectivity index (χ1n) is 0.783. The summed E-state index contributed by atoms with van der Waals surface area (Å²) in [5, 5.41) is 0. The van der Waals surface area contributed by atoms with E-state index in [0.29, 0.717) is 0 Å². The van der Waals surface area contributed by atoms with Crippen molar-refractivity contribution in [1.29, 1.82) is 0 Å². The number of hydrogen-bond donors (Lipinski definition) is 3. The highest BCUT2D eigenvalue weighted by molar-refractivity contribution is 7.59. The van der Waals surface area contributed by atoms with Crippen molar-refractivity contribution in [2.75, 3.05) is 0 Å². The highest BCUT2D eigenvalue weighted by atomic mass is 32.1. The molecular weight excluding hydrogens is 143 g/mol. The van der Waals surface area contributed by atoms with Crippen LogP contribution >= 0.6 is 21.3 Å². The molecule has 0 aliphatic rings. The van der Waals surface area contributed by atoms with E-state index in [4.69, 9.17) is 19.2 Å². The van der Waals surface area contributed by atoms with Gasteiger partial charge < -0.3 is 14.7 Å². The van der Waals surface area contributed by atoms with Crippen LogP contribution in [0.25, 0.3) is 0 Å². The molecule has 7 heteroatoms. The van der Waals surface area contributed by atoms with E-state index in [9.17, 15) is 0 Å². The molecule has 0 saturated carbocycles. The molecule has 3 N–H and O–H groups in total. The first kappa shape index (κ1) is 15.7. The summed E-state index contributed by atoms with van der Waals surface area (Å²) in [6, 6.07) is 0. The Morgan fingerprint density at radius 3 is 1.14 bits per heavy atom. The molecule has 0 aliphatic heterocycles. The maximum absolute atomic E-state index is 8.88. The van der Waals surface area contributed by atoms with Crippen molar-refractivity contribution in [3.8, 4) is 0 Å².